The average Bonchev–Trinajstić information content (AvgIpc) is 2.31. The number of hydrogen-bond donors (Lipinski definition) is 1. The fourth-order valence-electron chi connectivity index (χ4n) is 1.11. The summed E-state index contributed by atoms with van der Waals surface area (Å²) < 4.78 is 6.73. The van der Waals surface area contributed by atoms with E-state index >= 15 is 0 Å². The second-order valence-corrected chi connectivity index (χ2v) is 2.46. The van der Waals surface area contributed by atoms with Gasteiger partial charge in [-0.2, -0.15) is 0 Å². The Bertz CT molecular complexity index is 392. The molecule has 0 atom stereocenters. The minimum Gasteiger partial charge on any atom is -0.504 e. The number of hydrogen-bond acceptors (Lipinski definition) is 2. The lowest BCUT2D eigenvalue weighted by Gasteiger charge is -1.85. The number of para-hydroxylation sites is 1. The van der Waals surface area contributed by atoms with Crippen molar-refractivity contribution in [3.8, 4) is 5.75 Å². The molecule has 3 heteroatoms. The highest BCUT2D eigenvalue weighted by molar-refractivity contribution is 5.80. The second-order valence-electron chi connectivity index (χ2n) is 2.46. The van der Waals surface area contributed by atoms with Gasteiger partial charge in [-0.15, -0.1) is 0 Å². The molecular weight excluding hydrogens is 142 g/mol. The van der Waals surface area contributed by atoms with Crippen molar-refractivity contribution >= 4 is 11.0 Å². The molecule has 0 bridgehead atoms. The monoisotopic (exact) mass is 150 g/mol. The number of phenolic OH excluding ortho intramolecular Hbond substituents is 1. The van der Waals surface area contributed by atoms with Crippen LogP contribution >= 0.6 is 0 Å². The van der Waals surface area contributed by atoms with Crippen LogP contribution in [-0.2, 0) is 7.05 Å². The lowest BCUT2D eigenvalue weighted by molar-refractivity contribution is -0.841. The molecule has 11 heavy (non-hydrogen) atoms. The lowest BCUT2D eigenvalue weighted by atomic mass is 10.2. The third-order valence-electron chi connectivity index (χ3n) is 1.58. The molecule has 0 aliphatic heterocycles. The standard InChI is InChI=1S/C8H7NO2/c1-9-5-6-3-2-4-7(10)8(6)11-9/h2-5H,1H3/p+1. The quantitative estimate of drug-likeness (QED) is 0.568. The molecule has 2 aromatic rings. The smallest absolute Gasteiger partial charge is 0.258 e. The Morgan fingerprint density at radius 1 is 1.45 bits per heavy atom. The number of aryl methyl sites for hydroxylation is 1. The SMILES string of the molecule is C[n+]1cc2cccc(O)c2o1. The molecule has 3 nitrogen and oxygen atoms in total. The third kappa shape index (κ3) is 0.852. The predicted molar refractivity (Wildman–Crippen MR) is 39.1 cm³/mol. The van der Waals surface area contributed by atoms with Crippen LogP contribution in [0.1, 0.15) is 0 Å². The van der Waals surface area contributed by atoms with Gasteiger partial charge in [0, 0.05) is 0 Å². The maximum absolute atomic E-state index is 9.28. The topological polar surface area (TPSA) is 37.2 Å². The van der Waals surface area contributed by atoms with Crippen LogP contribution in [0.15, 0.2) is 28.9 Å². The summed E-state index contributed by atoms with van der Waals surface area (Å²) in [5, 5.41) is 10.2. The largest absolute Gasteiger partial charge is 0.504 e. The Balaban J connectivity index is 2.90. The van der Waals surface area contributed by atoms with Crippen LogP contribution in [0.4, 0.5) is 0 Å². The van der Waals surface area contributed by atoms with Gasteiger partial charge in [-0.25, -0.2) is 4.52 Å². The Morgan fingerprint density at radius 3 is 3.00 bits per heavy atom. The van der Waals surface area contributed by atoms with E-state index in [0.717, 1.165) is 5.39 Å². The summed E-state index contributed by atoms with van der Waals surface area (Å²) in [7, 11) is 1.78. The van der Waals surface area contributed by atoms with Gasteiger partial charge >= 0.3 is 0 Å². The van der Waals surface area contributed by atoms with E-state index in [4.69, 9.17) is 4.52 Å². The lowest BCUT2D eigenvalue weighted by Crippen LogP contribution is -2.22. The number of benzene rings is 1. The van der Waals surface area contributed by atoms with E-state index in [1.165, 1.54) is 0 Å². The molecule has 1 aromatic heterocycles. The van der Waals surface area contributed by atoms with Gasteiger partial charge in [0.15, 0.2) is 12.8 Å². The summed E-state index contributed by atoms with van der Waals surface area (Å²) in [5.41, 5.74) is 0.537. The van der Waals surface area contributed by atoms with Crippen LogP contribution in [0.2, 0.25) is 0 Å². The van der Waals surface area contributed by atoms with Crippen LogP contribution in [-0.4, -0.2) is 5.11 Å². The van der Waals surface area contributed by atoms with Gasteiger partial charge in [0.2, 0.25) is 6.20 Å². The number of nitrogens with zero attached hydrogens (tertiary/aromatic N) is 1. The molecule has 1 aromatic carbocycles. The Morgan fingerprint density at radius 2 is 2.27 bits per heavy atom. The predicted octanol–water partition coefficient (Wildman–Crippen LogP) is 0.963. The third-order valence-corrected chi connectivity index (χ3v) is 1.58. The van der Waals surface area contributed by atoms with Crippen molar-refractivity contribution in [3.63, 3.8) is 0 Å². The summed E-state index contributed by atoms with van der Waals surface area (Å²) in [5.74, 6) is 0.183. The van der Waals surface area contributed by atoms with Crippen molar-refractivity contribution < 1.29 is 14.4 Å². The Labute approximate surface area is 63.4 Å². The fraction of sp³-hybridized carbons (Fsp3) is 0.125. The highest BCUT2D eigenvalue weighted by Crippen LogP contribution is 2.21. The zero-order valence-electron chi connectivity index (χ0n) is 6.11. The van der Waals surface area contributed by atoms with Crippen molar-refractivity contribution in [2.24, 2.45) is 7.05 Å². The van der Waals surface area contributed by atoms with Gasteiger partial charge in [0.05, 0.1) is 5.39 Å². The zero-order chi connectivity index (χ0) is 7.84. The Hall–Kier alpha value is -1.51. The zero-order valence-corrected chi connectivity index (χ0v) is 6.11. The minimum absolute atomic E-state index is 0.183. The molecule has 1 heterocycles. The van der Waals surface area contributed by atoms with E-state index in [0.29, 0.717) is 5.58 Å². The van der Waals surface area contributed by atoms with Crippen LogP contribution in [0.3, 0.4) is 0 Å². The van der Waals surface area contributed by atoms with Gasteiger partial charge in [0.1, 0.15) is 0 Å². The summed E-state index contributed by atoms with van der Waals surface area (Å²) in [6, 6.07) is 5.28. The van der Waals surface area contributed by atoms with E-state index < -0.39 is 0 Å². The van der Waals surface area contributed by atoms with Crippen molar-refractivity contribution in [2.45, 2.75) is 0 Å². The molecule has 0 fully saturated rings. The van der Waals surface area contributed by atoms with E-state index in [2.05, 4.69) is 0 Å². The van der Waals surface area contributed by atoms with Crippen LogP contribution < -0.4 is 4.74 Å². The second kappa shape index (κ2) is 1.99. The first kappa shape index (κ1) is 6.22. The van der Waals surface area contributed by atoms with Crippen LogP contribution in [0, 0.1) is 0 Å². The molecule has 0 aliphatic rings. The maximum Gasteiger partial charge on any atom is 0.258 e. The molecule has 0 saturated heterocycles. The highest BCUT2D eigenvalue weighted by Gasteiger charge is 2.09. The number of aromatic hydroxyl groups is 1. The molecule has 0 saturated carbocycles. The molecule has 2 rings (SSSR count). The number of rotatable bonds is 0. The molecule has 0 unspecified atom stereocenters. The summed E-state index contributed by atoms with van der Waals surface area (Å²) in [6.07, 6.45) is 1.81. The number of fused-ring (bicyclic) bond motifs is 1. The van der Waals surface area contributed by atoms with E-state index in [9.17, 15) is 5.11 Å². The van der Waals surface area contributed by atoms with Crippen LogP contribution in [0.5, 0.6) is 5.75 Å². The molecule has 0 aliphatic carbocycles. The number of phenols is 1. The molecule has 0 radical (unpaired) electrons. The van der Waals surface area contributed by atoms with E-state index in [1.807, 2.05) is 12.3 Å². The molecule has 0 amide bonds. The van der Waals surface area contributed by atoms with E-state index in [-0.39, 0.29) is 5.75 Å². The summed E-state index contributed by atoms with van der Waals surface area (Å²) in [6.45, 7) is 0. The van der Waals surface area contributed by atoms with Crippen LogP contribution in [0.25, 0.3) is 11.0 Å². The first-order valence-electron chi connectivity index (χ1n) is 3.35. The molecule has 1 N–H and O–H groups in total. The summed E-state index contributed by atoms with van der Waals surface area (Å²) >= 11 is 0. The molecule has 0 spiro atoms. The van der Waals surface area contributed by atoms with Crippen molar-refractivity contribution in [2.75, 3.05) is 0 Å². The maximum atomic E-state index is 9.28. The first-order valence-corrected chi connectivity index (χ1v) is 3.35. The van der Waals surface area contributed by atoms with Gasteiger partial charge in [-0.05, 0) is 16.9 Å². The van der Waals surface area contributed by atoms with Crippen molar-refractivity contribution in [1.29, 1.82) is 0 Å². The number of aromatic nitrogens is 1. The van der Waals surface area contributed by atoms with Gasteiger partial charge < -0.3 is 5.11 Å². The normalized spacial score (nSPS) is 10.6. The highest BCUT2D eigenvalue weighted by atomic mass is 16.5. The Kier molecular flexibility index (Phi) is 1.12. The minimum atomic E-state index is 0.183. The average molecular weight is 150 g/mol. The van der Waals surface area contributed by atoms with Gasteiger partial charge in [-0.1, -0.05) is 6.07 Å². The molecular formula is C8H8NO2+. The van der Waals surface area contributed by atoms with Gasteiger partial charge in [0.25, 0.3) is 5.58 Å². The fourth-order valence-corrected chi connectivity index (χ4v) is 1.11. The van der Waals surface area contributed by atoms with Crippen molar-refractivity contribution in [3.05, 3.63) is 24.4 Å². The molecule has 56 valence electrons. The van der Waals surface area contributed by atoms with E-state index in [1.54, 1.807) is 23.9 Å². The summed E-state index contributed by atoms with van der Waals surface area (Å²) in [4.78, 5) is 0. The van der Waals surface area contributed by atoms with Crippen molar-refractivity contribution in [1.82, 2.24) is 0 Å². The first-order chi connectivity index (χ1) is 5.27. The van der Waals surface area contributed by atoms with Gasteiger partial charge in [-0.3, -0.25) is 0 Å².